The van der Waals surface area contributed by atoms with E-state index in [0.29, 0.717) is 10.8 Å². The Hall–Kier alpha value is -2.27. The van der Waals surface area contributed by atoms with Crippen molar-refractivity contribution in [2.24, 2.45) is 0 Å². The highest BCUT2D eigenvalue weighted by Gasteiger charge is 2.23. The smallest absolute Gasteiger partial charge is 0.324 e. The van der Waals surface area contributed by atoms with E-state index in [-0.39, 0.29) is 17.4 Å². The molecule has 0 saturated heterocycles. The van der Waals surface area contributed by atoms with Gasteiger partial charge in [-0.05, 0) is 42.6 Å². The number of carbonyl (C=O) groups excluding carboxylic acids is 1. The molecule has 1 atom stereocenters. The van der Waals surface area contributed by atoms with Crippen LogP contribution < -0.4 is 4.72 Å². The van der Waals surface area contributed by atoms with Crippen LogP contribution in [0.4, 0.5) is 0 Å². The van der Waals surface area contributed by atoms with E-state index in [4.69, 9.17) is 20.9 Å². The molecule has 0 amide bonds. The normalized spacial score (nSPS) is 12.7. The maximum Gasteiger partial charge on any atom is 0.324 e. The summed E-state index contributed by atoms with van der Waals surface area (Å²) in [5.74, 6) is -0.268. The van der Waals surface area contributed by atoms with Gasteiger partial charge in [0.15, 0.2) is 6.61 Å². The first-order valence-corrected chi connectivity index (χ1v) is 10.4. The molecular formula is C16H14ClN3O5S2. The van der Waals surface area contributed by atoms with E-state index in [1.165, 1.54) is 42.5 Å². The Labute approximate surface area is 164 Å². The van der Waals surface area contributed by atoms with Crippen LogP contribution in [0.3, 0.4) is 0 Å². The van der Waals surface area contributed by atoms with E-state index in [1.54, 1.807) is 0 Å². The first kappa shape index (κ1) is 19.5. The predicted molar refractivity (Wildman–Crippen MR) is 98.6 cm³/mol. The Balaban J connectivity index is 1.57. The molecule has 2 heterocycles. The van der Waals surface area contributed by atoms with Gasteiger partial charge in [-0.25, -0.2) is 8.42 Å². The first-order valence-electron chi connectivity index (χ1n) is 7.66. The minimum Gasteiger partial charge on any atom is -0.454 e. The summed E-state index contributed by atoms with van der Waals surface area (Å²) < 4.78 is 36.8. The number of nitrogens with one attached hydrogen (secondary N) is 1. The summed E-state index contributed by atoms with van der Waals surface area (Å²) in [5.41, 5.74) is 0. The molecule has 142 valence electrons. The zero-order chi connectivity index (χ0) is 19.4. The molecule has 1 N–H and O–H groups in total. The van der Waals surface area contributed by atoms with Crippen molar-refractivity contribution < 1.29 is 22.5 Å². The molecule has 0 bridgehead atoms. The fraction of sp³-hybridized carbons (Fsp3) is 0.188. The number of sulfonamides is 1. The van der Waals surface area contributed by atoms with Crippen LogP contribution in [0.25, 0.3) is 10.7 Å². The Morgan fingerprint density at radius 3 is 2.74 bits per heavy atom. The quantitative estimate of drug-likeness (QED) is 0.577. The number of thiophene rings is 1. The van der Waals surface area contributed by atoms with Gasteiger partial charge in [0.05, 0.1) is 9.77 Å². The van der Waals surface area contributed by atoms with E-state index in [2.05, 4.69) is 14.9 Å². The highest BCUT2D eigenvalue weighted by molar-refractivity contribution is 7.89. The maximum absolute atomic E-state index is 12.3. The van der Waals surface area contributed by atoms with Gasteiger partial charge in [0, 0.05) is 5.02 Å². The number of carbonyl (C=O) groups is 1. The molecule has 0 aliphatic heterocycles. The van der Waals surface area contributed by atoms with Crippen molar-refractivity contribution in [2.75, 3.05) is 0 Å². The SMILES string of the molecule is C[C@H](NS(=O)(=O)c1ccc(Cl)cc1)C(=O)OCc1nc(-c2cccs2)no1. The van der Waals surface area contributed by atoms with Gasteiger partial charge < -0.3 is 9.26 Å². The highest BCUT2D eigenvalue weighted by atomic mass is 35.5. The zero-order valence-corrected chi connectivity index (χ0v) is 16.3. The number of benzene rings is 1. The van der Waals surface area contributed by atoms with Gasteiger partial charge in [-0.1, -0.05) is 22.8 Å². The van der Waals surface area contributed by atoms with Crippen LogP contribution in [-0.2, 0) is 26.2 Å². The summed E-state index contributed by atoms with van der Waals surface area (Å²) in [7, 11) is -3.89. The van der Waals surface area contributed by atoms with Crippen molar-refractivity contribution in [3.8, 4) is 10.7 Å². The molecule has 0 unspecified atom stereocenters. The number of aromatic nitrogens is 2. The Morgan fingerprint density at radius 2 is 2.07 bits per heavy atom. The molecule has 1 aromatic carbocycles. The van der Waals surface area contributed by atoms with Crippen molar-refractivity contribution in [3.63, 3.8) is 0 Å². The van der Waals surface area contributed by atoms with Gasteiger partial charge in [-0.3, -0.25) is 4.79 Å². The van der Waals surface area contributed by atoms with Crippen LogP contribution in [0.15, 0.2) is 51.2 Å². The molecule has 0 radical (unpaired) electrons. The zero-order valence-electron chi connectivity index (χ0n) is 14.0. The molecule has 0 aliphatic carbocycles. The lowest BCUT2D eigenvalue weighted by Gasteiger charge is -2.13. The second kappa shape index (κ2) is 8.17. The lowest BCUT2D eigenvalue weighted by Crippen LogP contribution is -2.39. The molecular weight excluding hydrogens is 414 g/mol. The number of ether oxygens (including phenoxy) is 1. The monoisotopic (exact) mass is 427 g/mol. The molecule has 3 rings (SSSR count). The van der Waals surface area contributed by atoms with Crippen molar-refractivity contribution in [3.05, 3.63) is 52.7 Å². The maximum atomic E-state index is 12.3. The van der Waals surface area contributed by atoms with Gasteiger partial charge in [-0.15, -0.1) is 11.3 Å². The number of esters is 1. The van der Waals surface area contributed by atoms with Crippen LogP contribution in [0.1, 0.15) is 12.8 Å². The average Bonchev–Trinajstić information content (AvgIpc) is 3.31. The Morgan fingerprint density at radius 1 is 1.33 bits per heavy atom. The predicted octanol–water partition coefficient (Wildman–Crippen LogP) is 2.86. The van der Waals surface area contributed by atoms with Crippen LogP contribution in [0.2, 0.25) is 5.02 Å². The average molecular weight is 428 g/mol. The molecule has 3 aromatic rings. The molecule has 8 nitrogen and oxygen atoms in total. The molecule has 0 spiro atoms. The van der Waals surface area contributed by atoms with Gasteiger partial charge in [-0.2, -0.15) is 9.71 Å². The van der Waals surface area contributed by atoms with Crippen molar-refractivity contribution >= 4 is 38.9 Å². The Kier molecular flexibility index (Phi) is 5.90. The van der Waals surface area contributed by atoms with Crippen molar-refractivity contribution in [2.45, 2.75) is 24.5 Å². The van der Waals surface area contributed by atoms with Crippen LogP contribution in [0, 0.1) is 0 Å². The topological polar surface area (TPSA) is 111 Å². The largest absolute Gasteiger partial charge is 0.454 e. The lowest BCUT2D eigenvalue weighted by molar-refractivity contribution is -0.147. The third kappa shape index (κ3) is 4.92. The number of halogens is 1. The Bertz CT molecular complexity index is 1020. The number of hydrogen-bond donors (Lipinski definition) is 1. The third-order valence-electron chi connectivity index (χ3n) is 3.36. The fourth-order valence-corrected chi connectivity index (χ4v) is 4.01. The molecule has 0 fully saturated rings. The van der Waals surface area contributed by atoms with Gasteiger partial charge in [0.2, 0.25) is 15.8 Å². The van der Waals surface area contributed by atoms with E-state index in [9.17, 15) is 13.2 Å². The van der Waals surface area contributed by atoms with Crippen molar-refractivity contribution in [1.82, 2.24) is 14.9 Å². The second-order valence-corrected chi connectivity index (χ2v) is 8.49. The number of hydrogen-bond acceptors (Lipinski definition) is 8. The summed E-state index contributed by atoms with van der Waals surface area (Å²) in [5, 5.41) is 6.08. The van der Waals surface area contributed by atoms with Gasteiger partial charge >= 0.3 is 5.97 Å². The standard InChI is InChI=1S/C16H14ClN3O5S2/c1-10(20-27(22,23)12-6-4-11(17)5-7-12)16(21)24-9-14-18-15(19-25-14)13-3-2-8-26-13/h2-8,10,20H,9H2,1H3/t10-/m0/s1. The van der Waals surface area contributed by atoms with Gasteiger partial charge in [0.1, 0.15) is 6.04 Å². The minimum absolute atomic E-state index is 0.0101. The first-order chi connectivity index (χ1) is 12.8. The van der Waals surface area contributed by atoms with Crippen molar-refractivity contribution in [1.29, 1.82) is 0 Å². The second-order valence-electron chi connectivity index (χ2n) is 5.39. The number of rotatable bonds is 7. The molecule has 11 heteroatoms. The summed E-state index contributed by atoms with van der Waals surface area (Å²) in [6, 6.07) is 8.15. The molecule has 2 aromatic heterocycles. The summed E-state index contributed by atoms with van der Waals surface area (Å²) in [4.78, 5) is 17.0. The van der Waals surface area contributed by atoms with E-state index >= 15 is 0 Å². The van der Waals surface area contributed by atoms with E-state index < -0.39 is 22.0 Å². The summed E-state index contributed by atoms with van der Waals surface area (Å²) >= 11 is 7.19. The summed E-state index contributed by atoms with van der Waals surface area (Å²) in [6.07, 6.45) is 0. The molecule has 27 heavy (non-hydrogen) atoms. The van der Waals surface area contributed by atoms with Crippen LogP contribution >= 0.6 is 22.9 Å². The third-order valence-corrected chi connectivity index (χ3v) is 6.03. The van der Waals surface area contributed by atoms with E-state index in [1.807, 2.05) is 17.5 Å². The summed E-state index contributed by atoms with van der Waals surface area (Å²) in [6.45, 7) is 1.12. The van der Waals surface area contributed by atoms with Crippen LogP contribution in [0.5, 0.6) is 0 Å². The lowest BCUT2D eigenvalue weighted by atomic mass is 10.4. The van der Waals surface area contributed by atoms with E-state index in [0.717, 1.165) is 4.88 Å². The van der Waals surface area contributed by atoms with Gasteiger partial charge in [0.25, 0.3) is 5.89 Å². The molecule has 0 aliphatic rings. The highest BCUT2D eigenvalue weighted by Crippen LogP contribution is 2.21. The molecule has 0 saturated carbocycles. The van der Waals surface area contributed by atoms with Crippen LogP contribution in [-0.4, -0.2) is 30.6 Å². The number of nitrogens with zero attached hydrogens (tertiary/aromatic N) is 2. The minimum atomic E-state index is -3.89. The fourth-order valence-electron chi connectivity index (χ4n) is 2.04.